The number of benzene rings is 1. The molecule has 0 saturated heterocycles. The number of ether oxygens (including phenoxy) is 1. The minimum Gasteiger partial charge on any atom is -0.487 e. The first-order valence-electron chi connectivity index (χ1n) is 5.32. The van der Waals surface area contributed by atoms with E-state index < -0.39 is 5.97 Å². The fraction of sp³-hybridized carbons (Fsp3) is 0.0769. The second kappa shape index (κ2) is 5.91. The Morgan fingerprint density at radius 2 is 2.00 bits per heavy atom. The van der Waals surface area contributed by atoms with Crippen LogP contribution in [0.2, 0.25) is 10.0 Å². The zero-order valence-corrected chi connectivity index (χ0v) is 11.1. The molecule has 0 aliphatic carbocycles. The van der Waals surface area contributed by atoms with Gasteiger partial charge in [0.2, 0.25) is 0 Å². The summed E-state index contributed by atoms with van der Waals surface area (Å²) in [6.07, 6.45) is 1.36. The van der Waals surface area contributed by atoms with E-state index in [-0.39, 0.29) is 5.69 Å². The number of carboxylic acid groups (broad SMARTS) is 1. The molecule has 0 saturated carbocycles. The average molecular weight is 298 g/mol. The van der Waals surface area contributed by atoms with Crippen LogP contribution in [-0.2, 0) is 6.61 Å². The van der Waals surface area contributed by atoms with Crippen molar-refractivity contribution < 1.29 is 14.6 Å². The van der Waals surface area contributed by atoms with Crippen molar-refractivity contribution in [3.8, 4) is 5.75 Å². The second-order valence-electron chi connectivity index (χ2n) is 3.72. The lowest BCUT2D eigenvalue weighted by atomic mass is 10.2. The number of halogens is 2. The van der Waals surface area contributed by atoms with Gasteiger partial charge < -0.3 is 9.84 Å². The van der Waals surface area contributed by atoms with Crippen molar-refractivity contribution in [2.24, 2.45) is 0 Å². The molecule has 0 radical (unpaired) electrons. The highest BCUT2D eigenvalue weighted by molar-refractivity contribution is 6.42. The van der Waals surface area contributed by atoms with Gasteiger partial charge in [0.15, 0.2) is 0 Å². The Kier molecular flexibility index (Phi) is 4.24. The van der Waals surface area contributed by atoms with E-state index in [4.69, 9.17) is 33.0 Å². The zero-order chi connectivity index (χ0) is 13.8. The topological polar surface area (TPSA) is 59.4 Å². The molecular weight excluding hydrogens is 289 g/mol. The third kappa shape index (κ3) is 3.59. The molecule has 0 aliphatic heterocycles. The number of aromatic nitrogens is 1. The number of carboxylic acids is 1. The van der Waals surface area contributed by atoms with Crippen LogP contribution in [0.4, 0.5) is 0 Å². The molecule has 0 spiro atoms. The number of aromatic carboxylic acids is 1. The number of rotatable bonds is 4. The van der Waals surface area contributed by atoms with Crippen LogP contribution in [-0.4, -0.2) is 16.1 Å². The molecule has 0 bridgehead atoms. The average Bonchev–Trinajstić information content (AvgIpc) is 2.40. The molecule has 0 unspecified atom stereocenters. The maximum Gasteiger partial charge on any atom is 0.354 e. The molecule has 1 N–H and O–H groups in total. The highest BCUT2D eigenvalue weighted by Crippen LogP contribution is 2.23. The molecule has 19 heavy (non-hydrogen) atoms. The summed E-state index contributed by atoms with van der Waals surface area (Å²) in [7, 11) is 0. The van der Waals surface area contributed by atoms with Gasteiger partial charge in [0.1, 0.15) is 18.1 Å². The van der Waals surface area contributed by atoms with Crippen LogP contribution in [0.25, 0.3) is 0 Å². The Balaban J connectivity index is 2.01. The van der Waals surface area contributed by atoms with Crippen LogP contribution in [0.1, 0.15) is 16.1 Å². The summed E-state index contributed by atoms with van der Waals surface area (Å²) in [5.41, 5.74) is 0.832. The van der Waals surface area contributed by atoms with Gasteiger partial charge in [0.05, 0.1) is 16.2 Å². The van der Waals surface area contributed by atoms with Crippen LogP contribution < -0.4 is 4.74 Å². The van der Waals surface area contributed by atoms with E-state index in [1.54, 1.807) is 24.3 Å². The largest absolute Gasteiger partial charge is 0.487 e. The maximum absolute atomic E-state index is 10.6. The fourth-order valence-corrected chi connectivity index (χ4v) is 1.71. The van der Waals surface area contributed by atoms with Crippen molar-refractivity contribution in [2.45, 2.75) is 6.61 Å². The Hall–Kier alpha value is -1.78. The molecule has 1 heterocycles. The second-order valence-corrected chi connectivity index (χ2v) is 4.54. The molecule has 0 atom stereocenters. The number of hydrogen-bond acceptors (Lipinski definition) is 3. The van der Waals surface area contributed by atoms with Gasteiger partial charge in [-0.2, -0.15) is 0 Å². The summed E-state index contributed by atoms with van der Waals surface area (Å²) in [4.78, 5) is 14.4. The van der Waals surface area contributed by atoms with Crippen molar-refractivity contribution in [3.63, 3.8) is 0 Å². The van der Waals surface area contributed by atoms with Gasteiger partial charge in [-0.3, -0.25) is 0 Å². The van der Waals surface area contributed by atoms with Crippen LogP contribution in [0.15, 0.2) is 36.5 Å². The fourth-order valence-electron chi connectivity index (χ4n) is 1.39. The molecule has 0 fully saturated rings. The minimum atomic E-state index is -1.07. The summed E-state index contributed by atoms with van der Waals surface area (Å²) in [5, 5.41) is 9.65. The summed E-state index contributed by atoms with van der Waals surface area (Å²) < 4.78 is 5.46. The Morgan fingerprint density at radius 3 is 2.58 bits per heavy atom. The molecule has 2 aromatic rings. The van der Waals surface area contributed by atoms with E-state index in [1.807, 2.05) is 0 Å². The summed E-state index contributed by atoms with van der Waals surface area (Å²) >= 11 is 11.7. The normalized spacial score (nSPS) is 10.2. The molecule has 98 valence electrons. The van der Waals surface area contributed by atoms with Gasteiger partial charge in [-0.1, -0.05) is 29.3 Å². The molecule has 6 heteroatoms. The molecule has 1 aromatic heterocycles. The first-order chi connectivity index (χ1) is 9.06. The number of pyridine rings is 1. The van der Waals surface area contributed by atoms with Crippen LogP contribution in [0, 0.1) is 0 Å². The Labute approximate surface area is 119 Å². The monoisotopic (exact) mass is 297 g/mol. The highest BCUT2D eigenvalue weighted by atomic mass is 35.5. The standard InChI is InChI=1S/C13H9Cl2NO3/c14-10-3-1-8(5-11(10)15)7-19-9-2-4-12(13(17)18)16-6-9/h1-6H,7H2,(H,17,18). The van der Waals surface area contributed by atoms with E-state index in [2.05, 4.69) is 4.98 Å². The number of carbonyl (C=O) groups is 1. The quantitative estimate of drug-likeness (QED) is 0.935. The molecule has 2 rings (SSSR count). The van der Waals surface area contributed by atoms with Crippen molar-refractivity contribution in [3.05, 3.63) is 57.8 Å². The molecular formula is C13H9Cl2NO3. The van der Waals surface area contributed by atoms with Gasteiger partial charge in [-0.05, 0) is 29.8 Å². The lowest BCUT2D eigenvalue weighted by Gasteiger charge is -2.07. The molecule has 4 nitrogen and oxygen atoms in total. The van der Waals surface area contributed by atoms with E-state index in [1.165, 1.54) is 12.3 Å². The van der Waals surface area contributed by atoms with Crippen molar-refractivity contribution >= 4 is 29.2 Å². The van der Waals surface area contributed by atoms with Gasteiger partial charge in [0.25, 0.3) is 0 Å². The number of nitrogens with zero attached hydrogens (tertiary/aromatic N) is 1. The van der Waals surface area contributed by atoms with Crippen LogP contribution in [0.3, 0.4) is 0 Å². The SMILES string of the molecule is O=C(O)c1ccc(OCc2ccc(Cl)c(Cl)c2)cn1. The van der Waals surface area contributed by atoms with E-state index >= 15 is 0 Å². The molecule has 0 aliphatic rings. The van der Waals surface area contributed by atoms with Crippen molar-refractivity contribution in [1.29, 1.82) is 0 Å². The lowest BCUT2D eigenvalue weighted by molar-refractivity contribution is 0.0690. The van der Waals surface area contributed by atoms with Crippen molar-refractivity contribution in [1.82, 2.24) is 4.98 Å². The van der Waals surface area contributed by atoms with E-state index in [0.717, 1.165) is 5.56 Å². The van der Waals surface area contributed by atoms with Gasteiger partial charge in [-0.25, -0.2) is 9.78 Å². The molecule has 1 aromatic carbocycles. The zero-order valence-electron chi connectivity index (χ0n) is 9.64. The van der Waals surface area contributed by atoms with Gasteiger partial charge in [-0.15, -0.1) is 0 Å². The highest BCUT2D eigenvalue weighted by Gasteiger charge is 2.05. The van der Waals surface area contributed by atoms with Crippen LogP contribution in [0.5, 0.6) is 5.75 Å². The summed E-state index contributed by atoms with van der Waals surface area (Å²) in [5.74, 6) is -0.591. The van der Waals surface area contributed by atoms with Gasteiger partial charge >= 0.3 is 5.97 Å². The van der Waals surface area contributed by atoms with E-state index in [0.29, 0.717) is 22.4 Å². The Bertz CT molecular complexity index is 599. The third-order valence-electron chi connectivity index (χ3n) is 2.34. The third-order valence-corrected chi connectivity index (χ3v) is 3.08. The van der Waals surface area contributed by atoms with Gasteiger partial charge in [0, 0.05) is 0 Å². The summed E-state index contributed by atoms with van der Waals surface area (Å²) in [6, 6.07) is 8.13. The van der Waals surface area contributed by atoms with Crippen LogP contribution >= 0.6 is 23.2 Å². The first-order valence-corrected chi connectivity index (χ1v) is 6.08. The predicted molar refractivity (Wildman–Crippen MR) is 72.0 cm³/mol. The predicted octanol–water partition coefficient (Wildman–Crippen LogP) is 3.67. The van der Waals surface area contributed by atoms with Crippen molar-refractivity contribution in [2.75, 3.05) is 0 Å². The lowest BCUT2D eigenvalue weighted by Crippen LogP contribution is -2.01. The molecule has 0 amide bonds. The maximum atomic E-state index is 10.6. The smallest absolute Gasteiger partial charge is 0.354 e. The van der Waals surface area contributed by atoms with E-state index in [9.17, 15) is 4.79 Å². The summed E-state index contributed by atoms with van der Waals surface area (Å²) in [6.45, 7) is 0.297. The number of hydrogen-bond donors (Lipinski definition) is 1. The first kappa shape index (κ1) is 13.6. The minimum absolute atomic E-state index is 0.0260. The Morgan fingerprint density at radius 1 is 1.21 bits per heavy atom.